The molecule has 1 unspecified atom stereocenters. The summed E-state index contributed by atoms with van der Waals surface area (Å²) >= 11 is 12.1. The third-order valence-corrected chi connectivity index (χ3v) is 5.53. The second-order valence-electron chi connectivity index (χ2n) is 6.93. The Bertz CT molecular complexity index is 1140. The van der Waals surface area contributed by atoms with Crippen molar-refractivity contribution in [3.63, 3.8) is 0 Å². The van der Waals surface area contributed by atoms with Crippen molar-refractivity contribution < 1.29 is 14.3 Å². The highest BCUT2D eigenvalue weighted by Crippen LogP contribution is 2.27. The van der Waals surface area contributed by atoms with Gasteiger partial charge in [0.05, 0.1) is 16.1 Å². The third kappa shape index (κ3) is 4.04. The van der Waals surface area contributed by atoms with Crippen LogP contribution in [0.2, 0.25) is 10.0 Å². The van der Waals surface area contributed by atoms with Crippen LogP contribution in [0.1, 0.15) is 29.0 Å². The molecular formula is C21H18Cl2N4O3. The monoisotopic (exact) mass is 444 g/mol. The van der Waals surface area contributed by atoms with Gasteiger partial charge in [0.2, 0.25) is 0 Å². The maximum absolute atomic E-state index is 12.9. The summed E-state index contributed by atoms with van der Waals surface area (Å²) < 4.78 is 5.41. The number of hydrogen-bond acceptors (Lipinski definition) is 6. The largest absolute Gasteiger partial charge is 0.456 e. The van der Waals surface area contributed by atoms with Gasteiger partial charge in [-0.05, 0) is 43.2 Å². The minimum absolute atomic E-state index is 0.135. The van der Waals surface area contributed by atoms with Gasteiger partial charge in [0, 0.05) is 17.0 Å². The summed E-state index contributed by atoms with van der Waals surface area (Å²) in [7, 11) is 0. The van der Waals surface area contributed by atoms with E-state index < -0.39 is 12.0 Å². The highest BCUT2D eigenvalue weighted by molar-refractivity contribution is 6.35. The Labute approximate surface area is 182 Å². The number of rotatable bonds is 4. The summed E-state index contributed by atoms with van der Waals surface area (Å²) in [5.74, 6) is -0.254. The molecule has 4 rings (SSSR count). The van der Waals surface area contributed by atoms with Crippen LogP contribution in [-0.4, -0.2) is 39.3 Å². The Morgan fingerprint density at radius 2 is 1.97 bits per heavy atom. The van der Waals surface area contributed by atoms with Crippen LogP contribution in [-0.2, 0) is 16.1 Å². The van der Waals surface area contributed by atoms with Crippen LogP contribution in [0, 0.1) is 0 Å². The number of benzene rings is 2. The number of carbonyl (C=O) groups excluding carboxylic acids is 2. The number of ether oxygens (including phenoxy) is 1. The molecule has 1 aliphatic heterocycles. The summed E-state index contributed by atoms with van der Waals surface area (Å²) in [5, 5.41) is 1.41. The van der Waals surface area contributed by atoms with Crippen LogP contribution in [0.25, 0.3) is 10.9 Å². The van der Waals surface area contributed by atoms with Gasteiger partial charge in [-0.1, -0.05) is 35.3 Å². The summed E-state index contributed by atoms with van der Waals surface area (Å²) in [4.78, 5) is 35.7. The van der Waals surface area contributed by atoms with Crippen molar-refractivity contribution in [2.24, 2.45) is 0 Å². The number of carbonyl (C=O) groups is 2. The van der Waals surface area contributed by atoms with E-state index in [0.29, 0.717) is 41.6 Å². The molecule has 9 heteroatoms. The molecule has 0 bridgehead atoms. The summed E-state index contributed by atoms with van der Waals surface area (Å²) in [6.45, 7) is 0.297. The number of anilines is 1. The van der Waals surface area contributed by atoms with Crippen LogP contribution in [0.3, 0.4) is 0 Å². The van der Waals surface area contributed by atoms with Crippen molar-refractivity contribution >= 4 is 51.8 Å². The highest BCUT2D eigenvalue weighted by atomic mass is 35.5. The smallest absolute Gasteiger partial charge is 0.329 e. The molecule has 1 aliphatic rings. The number of para-hydroxylation sites is 1. The maximum atomic E-state index is 12.9. The lowest BCUT2D eigenvalue weighted by Gasteiger charge is -2.23. The number of fused-ring (bicyclic) bond motifs is 1. The quantitative estimate of drug-likeness (QED) is 0.613. The molecule has 1 saturated heterocycles. The van der Waals surface area contributed by atoms with E-state index in [9.17, 15) is 9.59 Å². The molecular weight excluding hydrogens is 427 g/mol. The predicted octanol–water partition coefficient (Wildman–Crippen LogP) is 3.87. The Kier molecular flexibility index (Phi) is 5.74. The fourth-order valence-corrected chi connectivity index (χ4v) is 3.89. The minimum atomic E-state index is -0.703. The fraction of sp³-hybridized carbons (Fsp3) is 0.238. The fourth-order valence-electron chi connectivity index (χ4n) is 3.52. The number of nitrogens with two attached hydrogens (primary N) is 1. The van der Waals surface area contributed by atoms with Crippen LogP contribution in [0.4, 0.5) is 5.82 Å². The summed E-state index contributed by atoms with van der Waals surface area (Å²) in [6, 6.07) is 11.3. The average Bonchev–Trinajstić information content (AvgIpc) is 3.23. The van der Waals surface area contributed by atoms with Crippen LogP contribution in [0.5, 0.6) is 0 Å². The molecule has 0 saturated carbocycles. The number of hydrogen-bond donors (Lipinski definition) is 1. The van der Waals surface area contributed by atoms with Gasteiger partial charge < -0.3 is 15.4 Å². The Morgan fingerprint density at radius 1 is 1.17 bits per heavy atom. The van der Waals surface area contributed by atoms with Crippen LogP contribution in [0.15, 0.2) is 42.5 Å². The number of nitrogen functional groups attached to an aromatic ring is 1. The zero-order valence-electron chi connectivity index (χ0n) is 15.8. The van der Waals surface area contributed by atoms with E-state index >= 15 is 0 Å². The van der Waals surface area contributed by atoms with Gasteiger partial charge in [-0.15, -0.1) is 0 Å². The molecule has 1 aromatic heterocycles. The van der Waals surface area contributed by atoms with Gasteiger partial charge in [0.15, 0.2) is 12.4 Å². The molecule has 1 atom stereocenters. The summed E-state index contributed by atoms with van der Waals surface area (Å²) in [5.41, 5.74) is 6.90. The van der Waals surface area contributed by atoms with Gasteiger partial charge in [0.1, 0.15) is 11.9 Å². The molecule has 2 heterocycles. The zero-order valence-corrected chi connectivity index (χ0v) is 17.4. The van der Waals surface area contributed by atoms with Crippen molar-refractivity contribution in [3.8, 4) is 0 Å². The van der Waals surface area contributed by atoms with E-state index in [0.717, 1.165) is 5.39 Å². The molecule has 0 spiro atoms. The van der Waals surface area contributed by atoms with Crippen LogP contribution < -0.4 is 5.73 Å². The number of halogens is 2. The molecule has 7 nitrogen and oxygen atoms in total. The minimum Gasteiger partial charge on any atom is -0.456 e. The number of esters is 1. The first kappa shape index (κ1) is 20.4. The van der Waals surface area contributed by atoms with Crippen LogP contribution >= 0.6 is 23.2 Å². The molecule has 0 aliphatic carbocycles. The highest BCUT2D eigenvalue weighted by Gasteiger charge is 2.36. The van der Waals surface area contributed by atoms with Gasteiger partial charge in [-0.2, -0.15) is 0 Å². The van der Waals surface area contributed by atoms with E-state index in [2.05, 4.69) is 9.97 Å². The maximum Gasteiger partial charge on any atom is 0.329 e. The molecule has 154 valence electrons. The standard InChI is InChI=1S/C21H18Cl2N4O3/c22-12-7-8-15(23)14(10-12)20(28)27-9-3-6-17(27)21(29)30-11-18-25-16-5-2-1-4-13(16)19(24)26-18/h1-2,4-5,7-8,10,17H,3,6,9,11H2,(H2,24,25,26). The molecule has 3 aromatic rings. The topological polar surface area (TPSA) is 98.4 Å². The van der Waals surface area contributed by atoms with Crippen molar-refractivity contribution in [2.75, 3.05) is 12.3 Å². The molecule has 1 amide bonds. The number of amides is 1. The van der Waals surface area contributed by atoms with Crippen molar-refractivity contribution in [2.45, 2.75) is 25.5 Å². The zero-order chi connectivity index (χ0) is 21.3. The average molecular weight is 445 g/mol. The van der Waals surface area contributed by atoms with E-state index in [-0.39, 0.29) is 23.1 Å². The van der Waals surface area contributed by atoms with Crippen molar-refractivity contribution in [3.05, 3.63) is 63.9 Å². The Balaban J connectivity index is 1.48. The number of likely N-dealkylation sites (tertiary alicyclic amines) is 1. The Morgan fingerprint density at radius 3 is 2.80 bits per heavy atom. The lowest BCUT2D eigenvalue weighted by atomic mass is 10.1. The van der Waals surface area contributed by atoms with Gasteiger partial charge in [-0.3, -0.25) is 4.79 Å². The molecule has 1 fully saturated rings. The first-order valence-corrected chi connectivity index (χ1v) is 10.1. The van der Waals surface area contributed by atoms with Gasteiger partial charge >= 0.3 is 5.97 Å². The SMILES string of the molecule is Nc1nc(COC(=O)C2CCCN2C(=O)c2cc(Cl)ccc2Cl)nc2ccccc12. The number of aromatic nitrogens is 2. The van der Waals surface area contributed by atoms with Gasteiger partial charge in [-0.25, -0.2) is 14.8 Å². The second kappa shape index (κ2) is 8.45. The number of nitrogens with zero attached hydrogens (tertiary/aromatic N) is 3. The first-order chi connectivity index (χ1) is 14.4. The normalized spacial score (nSPS) is 16.1. The lowest BCUT2D eigenvalue weighted by molar-refractivity contribution is -0.149. The molecule has 2 N–H and O–H groups in total. The van der Waals surface area contributed by atoms with E-state index in [1.807, 2.05) is 24.3 Å². The predicted molar refractivity (Wildman–Crippen MR) is 114 cm³/mol. The van der Waals surface area contributed by atoms with E-state index in [1.54, 1.807) is 12.1 Å². The third-order valence-electron chi connectivity index (χ3n) is 4.97. The van der Waals surface area contributed by atoms with E-state index in [1.165, 1.54) is 11.0 Å². The van der Waals surface area contributed by atoms with Crippen molar-refractivity contribution in [1.82, 2.24) is 14.9 Å². The lowest BCUT2D eigenvalue weighted by Crippen LogP contribution is -2.41. The summed E-state index contributed by atoms with van der Waals surface area (Å²) in [6.07, 6.45) is 1.19. The molecule has 30 heavy (non-hydrogen) atoms. The Hall–Kier alpha value is -2.90. The van der Waals surface area contributed by atoms with Crippen molar-refractivity contribution in [1.29, 1.82) is 0 Å². The molecule has 0 radical (unpaired) electrons. The first-order valence-electron chi connectivity index (χ1n) is 9.38. The van der Waals surface area contributed by atoms with E-state index in [4.69, 9.17) is 33.7 Å². The second-order valence-corrected chi connectivity index (χ2v) is 7.77. The van der Waals surface area contributed by atoms with Gasteiger partial charge in [0.25, 0.3) is 5.91 Å². The molecule has 2 aromatic carbocycles.